The maximum atomic E-state index is 14.5. The van der Waals surface area contributed by atoms with Crippen molar-refractivity contribution < 1.29 is 87.5 Å². The van der Waals surface area contributed by atoms with Gasteiger partial charge in [0.25, 0.3) is 0 Å². The van der Waals surface area contributed by atoms with Crippen molar-refractivity contribution in [2.75, 3.05) is 44.4 Å². The molecule has 0 unspecified atom stereocenters. The van der Waals surface area contributed by atoms with Crippen molar-refractivity contribution in [3.05, 3.63) is 0 Å². The van der Waals surface area contributed by atoms with E-state index in [0.717, 1.165) is 6.92 Å². The average Bonchev–Trinajstić information content (AvgIpc) is 1.81. The van der Waals surface area contributed by atoms with Gasteiger partial charge in [-0.2, -0.15) is 25.3 Å². The number of aliphatic hydroxyl groups is 3. The number of nitrogens with two attached hydrogens (primary N) is 2. The molecule has 13 amide bonds. The molecule has 0 aromatic heterocycles. The summed E-state index contributed by atoms with van der Waals surface area (Å²) in [4.78, 5) is 188. The van der Waals surface area contributed by atoms with Gasteiger partial charge in [0.15, 0.2) is 0 Å². The SMILES string of the molecule is CC[C@H](C)[C@H](NC(=O)CNC(=O)[C@@H](N)CS)C(=O)N[C@@H](CO)C(=O)N[C@H](C(=O)N[C@@H](C)C(=O)N[C@@H](CO)C(=O)N[C@H](C(=O)N1CCC[C@H]1C(=O)N1CCC[C@H]1C(=O)N[C@H](C(=O)N[C@@H](CS)C(=O)N[C@@H](CCC(N)=O)C(=O)O)[C@@H](C)CC)[C@@H](C)CC)[C@@H](C)O. The minimum atomic E-state index is -1.81. The number of nitrogens with one attached hydrogen (secondary N) is 10. The summed E-state index contributed by atoms with van der Waals surface area (Å²) in [5.74, 6) is -14.6. The maximum absolute atomic E-state index is 14.5. The Morgan fingerprint density at radius 1 is 0.534 bits per heavy atom. The quantitative estimate of drug-likeness (QED) is 0.0257. The lowest BCUT2D eigenvalue weighted by molar-refractivity contribution is -0.149. The molecule has 2 heterocycles. The number of carbonyl (C=O) groups is 14. The number of likely N-dealkylation sites (tertiary alicyclic amines) is 2. The third kappa shape index (κ3) is 22.9. The van der Waals surface area contributed by atoms with E-state index < -0.39 is 199 Å². The number of carbonyl (C=O) groups excluding carboxylic acids is 13. The van der Waals surface area contributed by atoms with E-state index in [1.54, 1.807) is 41.5 Å². The molecular formula is C54H92N14O18S2. The first-order valence-corrected chi connectivity index (χ1v) is 30.6. The Balaban J connectivity index is 2.20. The number of hydrogen-bond acceptors (Lipinski definition) is 20. The molecule has 2 fully saturated rings. The number of rotatable bonds is 37. The highest BCUT2D eigenvalue weighted by atomic mass is 32.1. The summed E-state index contributed by atoms with van der Waals surface area (Å²) in [7, 11) is 0. The van der Waals surface area contributed by atoms with Gasteiger partial charge in [-0.15, -0.1) is 0 Å². The molecule has 2 aliphatic rings. The van der Waals surface area contributed by atoms with E-state index in [4.69, 9.17) is 11.5 Å². The monoisotopic (exact) mass is 1290 g/mol. The number of thiol groups is 2. The first-order valence-electron chi connectivity index (χ1n) is 29.4. The summed E-state index contributed by atoms with van der Waals surface area (Å²) in [5, 5.41) is 64.6. The third-order valence-corrected chi connectivity index (χ3v) is 16.3. The first-order chi connectivity index (χ1) is 41.4. The smallest absolute Gasteiger partial charge is 0.326 e. The molecule has 34 heteroatoms. The van der Waals surface area contributed by atoms with Gasteiger partial charge in [0.2, 0.25) is 76.8 Å². The fourth-order valence-electron chi connectivity index (χ4n) is 9.40. The second-order valence-electron chi connectivity index (χ2n) is 22.2. The fourth-order valence-corrected chi connectivity index (χ4v) is 9.83. The van der Waals surface area contributed by atoms with Gasteiger partial charge < -0.3 is 94.9 Å². The van der Waals surface area contributed by atoms with E-state index in [9.17, 15) is 87.5 Å². The summed E-state index contributed by atoms with van der Waals surface area (Å²) >= 11 is 8.09. The molecular weight excluding hydrogens is 1200 g/mol. The lowest BCUT2D eigenvalue weighted by Gasteiger charge is -2.35. The molecule has 0 bridgehead atoms. The lowest BCUT2D eigenvalue weighted by atomic mass is 9.96. The number of carboxylic acid groups (broad SMARTS) is 1. The normalized spacial score (nSPS) is 19.5. The largest absolute Gasteiger partial charge is 0.480 e. The van der Waals surface area contributed by atoms with Crippen LogP contribution in [-0.2, 0) is 67.1 Å². The van der Waals surface area contributed by atoms with Gasteiger partial charge in [0.1, 0.15) is 66.5 Å². The number of hydrogen-bond donors (Lipinski definition) is 18. The Hall–Kier alpha value is -6.88. The van der Waals surface area contributed by atoms with Crippen LogP contribution in [0, 0.1) is 17.8 Å². The summed E-state index contributed by atoms with van der Waals surface area (Å²) in [5.41, 5.74) is 10.7. The van der Waals surface area contributed by atoms with Crippen molar-refractivity contribution in [2.24, 2.45) is 29.2 Å². The zero-order chi connectivity index (χ0) is 66.9. The van der Waals surface area contributed by atoms with Crippen LogP contribution in [-0.4, -0.2) is 236 Å². The van der Waals surface area contributed by atoms with Crippen molar-refractivity contribution in [3.63, 3.8) is 0 Å². The van der Waals surface area contributed by atoms with Crippen molar-refractivity contribution >= 4 is 108 Å². The minimum Gasteiger partial charge on any atom is -0.480 e. The van der Waals surface area contributed by atoms with Crippen molar-refractivity contribution in [2.45, 2.75) is 192 Å². The molecule has 32 nitrogen and oxygen atoms in total. The summed E-state index contributed by atoms with van der Waals surface area (Å²) < 4.78 is 0. The van der Waals surface area contributed by atoms with Crippen molar-refractivity contribution in [1.29, 1.82) is 0 Å². The summed E-state index contributed by atoms with van der Waals surface area (Å²) in [6.45, 7) is 10.1. The molecule has 2 saturated heterocycles. The van der Waals surface area contributed by atoms with Crippen LogP contribution < -0.4 is 64.6 Å². The average molecular weight is 1290 g/mol. The Labute approximate surface area is 522 Å². The Morgan fingerprint density at radius 2 is 0.989 bits per heavy atom. The zero-order valence-electron chi connectivity index (χ0n) is 51.0. The van der Waals surface area contributed by atoms with Gasteiger partial charge in [0, 0.05) is 31.0 Å². The molecule has 0 radical (unpaired) electrons. The number of aliphatic carboxylic acids is 1. The van der Waals surface area contributed by atoms with E-state index in [-0.39, 0.29) is 50.3 Å². The van der Waals surface area contributed by atoms with Crippen LogP contribution in [0.3, 0.4) is 0 Å². The van der Waals surface area contributed by atoms with E-state index in [0.29, 0.717) is 32.1 Å². The fraction of sp³-hybridized carbons (Fsp3) is 0.741. The van der Waals surface area contributed by atoms with Crippen molar-refractivity contribution in [3.8, 4) is 0 Å². The van der Waals surface area contributed by atoms with E-state index in [2.05, 4.69) is 78.4 Å². The van der Waals surface area contributed by atoms with Gasteiger partial charge in [-0.25, -0.2) is 4.79 Å². The van der Waals surface area contributed by atoms with Crippen LogP contribution in [0.4, 0.5) is 0 Å². The molecule has 0 aromatic rings. The first kappa shape index (κ1) is 77.2. The number of aliphatic hydroxyl groups excluding tert-OH is 3. The predicted octanol–water partition coefficient (Wildman–Crippen LogP) is -6.49. The zero-order valence-corrected chi connectivity index (χ0v) is 52.8. The molecule has 18 N–H and O–H groups in total. The number of nitrogens with zero attached hydrogens (tertiary/aromatic N) is 2. The van der Waals surface area contributed by atoms with Crippen LogP contribution in [0.25, 0.3) is 0 Å². The highest BCUT2D eigenvalue weighted by Gasteiger charge is 2.46. The highest BCUT2D eigenvalue weighted by Crippen LogP contribution is 2.27. The third-order valence-electron chi connectivity index (χ3n) is 15.6. The second kappa shape index (κ2) is 37.8. The minimum absolute atomic E-state index is 0.000250. The molecule has 0 aromatic carbocycles. The standard InChI is InChI=1S/C54H92N14O18S2/c1-9-25(4)39(63-38(73)20-57-44(75)30(55)23-87)49(80)61-33(22-70)46(77)66-42(29(8)71)51(82)58-28(7)43(74)60-32(21-69)45(76)65-41(27(6)11-3)53(84)68-19-13-15-36(68)52(83)67-18-12-14-35(67)48(79)64-40(26(5)10-2)50(81)62-34(24-88)47(78)59-31(54(85)86)16-17-37(56)72/h25-36,39-42,69-71,87-88H,9-24,55H2,1-8H3,(H2,56,72)(H,57,75)(H,58,82)(H,59,78)(H,60,74)(H,61,80)(H,62,81)(H,63,73)(H,64,79)(H,65,76)(H,66,77)(H,85,86)/t25-,26-,27-,28-,29+,30-,31-,32-,33-,34-,35-,36-,39-,40-,41-,42-/m0/s1. The van der Waals surface area contributed by atoms with Gasteiger partial charge >= 0.3 is 5.97 Å². The Bertz CT molecular complexity index is 2480. The molecule has 0 saturated carbocycles. The van der Waals surface area contributed by atoms with Gasteiger partial charge in [0.05, 0.1) is 31.9 Å². The molecule has 498 valence electrons. The van der Waals surface area contributed by atoms with E-state index in [1.165, 1.54) is 16.7 Å². The highest BCUT2D eigenvalue weighted by molar-refractivity contribution is 7.80. The van der Waals surface area contributed by atoms with Crippen LogP contribution in [0.2, 0.25) is 0 Å². The summed E-state index contributed by atoms with van der Waals surface area (Å²) in [6.07, 6.45) is -0.156. The maximum Gasteiger partial charge on any atom is 0.326 e. The topological polar surface area (TPSA) is 499 Å². The second-order valence-corrected chi connectivity index (χ2v) is 22.9. The number of amides is 13. The van der Waals surface area contributed by atoms with Gasteiger partial charge in [-0.3, -0.25) is 62.3 Å². The Kier molecular flexibility index (Phi) is 33.2. The van der Waals surface area contributed by atoms with E-state index in [1.807, 2.05) is 0 Å². The van der Waals surface area contributed by atoms with Crippen LogP contribution in [0.15, 0.2) is 0 Å². The molecule has 88 heavy (non-hydrogen) atoms. The number of carboxylic acids is 1. The van der Waals surface area contributed by atoms with E-state index >= 15 is 0 Å². The number of primary amides is 1. The van der Waals surface area contributed by atoms with Crippen molar-refractivity contribution in [1.82, 2.24) is 63.0 Å². The van der Waals surface area contributed by atoms with Crippen LogP contribution in [0.1, 0.15) is 113 Å². The predicted molar refractivity (Wildman–Crippen MR) is 321 cm³/mol. The molecule has 2 rings (SSSR count). The molecule has 2 aliphatic heterocycles. The van der Waals surface area contributed by atoms with Crippen LogP contribution in [0.5, 0.6) is 0 Å². The molecule has 0 aliphatic carbocycles. The van der Waals surface area contributed by atoms with Gasteiger partial charge in [-0.05, 0) is 63.7 Å². The lowest BCUT2D eigenvalue weighted by Crippen LogP contribution is -2.62. The van der Waals surface area contributed by atoms with Gasteiger partial charge in [-0.1, -0.05) is 60.8 Å². The molecule has 0 spiro atoms. The summed E-state index contributed by atoms with van der Waals surface area (Å²) in [6, 6.07) is -16.7. The van der Waals surface area contributed by atoms with Crippen LogP contribution >= 0.6 is 25.3 Å². The Morgan fingerprint density at radius 3 is 1.48 bits per heavy atom. The molecule has 16 atom stereocenters.